The lowest BCUT2D eigenvalue weighted by atomic mass is 10.2. The molecule has 1 N–H and O–H groups in total. The van der Waals surface area contributed by atoms with E-state index in [0.29, 0.717) is 0 Å². The molecule has 1 rings (SSSR count). The fourth-order valence-electron chi connectivity index (χ4n) is 1.19. The van der Waals surface area contributed by atoms with Crippen LogP contribution in [0.4, 0.5) is 18.9 Å². The third-order valence-corrected chi connectivity index (χ3v) is 2.89. The summed E-state index contributed by atoms with van der Waals surface area (Å²) in [7, 11) is 0. The predicted molar refractivity (Wildman–Crippen MR) is 62.9 cm³/mol. The molecule has 0 spiro atoms. The lowest BCUT2D eigenvalue weighted by Crippen LogP contribution is -2.06. The number of anilines is 1. The first kappa shape index (κ1) is 13.2. The van der Waals surface area contributed by atoms with E-state index in [0.717, 1.165) is 35.9 Å². The van der Waals surface area contributed by atoms with Crippen LogP contribution < -0.4 is 5.32 Å². The van der Waals surface area contributed by atoms with Gasteiger partial charge in [0.05, 0.1) is 5.56 Å². The number of rotatable bonds is 5. The van der Waals surface area contributed by atoms with E-state index in [2.05, 4.69) is 12.2 Å². The van der Waals surface area contributed by atoms with Crippen LogP contribution in [0.15, 0.2) is 24.3 Å². The minimum absolute atomic E-state index is 0.610. The number of hydrogen-bond donors (Lipinski definition) is 1. The normalized spacial score (nSPS) is 11.5. The van der Waals surface area contributed by atoms with E-state index in [1.165, 1.54) is 12.1 Å². The van der Waals surface area contributed by atoms with Crippen molar-refractivity contribution in [3.8, 4) is 0 Å². The summed E-state index contributed by atoms with van der Waals surface area (Å²) in [5.74, 6) is 2.01. The second-order valence-corrected chi connectivity index (χ2v) is 4.59. The van der Waals surface area contributed by atoms with Crippen molar-refractivity contribution < 1.29 is 13.2 Å². The van der Waals surface area contributed by atoms with Crippen molar-refractivity contribution in [3.63, 3.8) is 0 Å². The van der Waals surface area contributed by atoms with Gasteiger partial charge in [-0.1, -0.05) is 6.92 Å². The molecule has 0 heterocycles. The topological polar surface area (TPSA) is 12.0 Å². The molecule has 0 saturated carbocycles. The van der Waals surface area contributed by atoms with E-state index in [-0.39, 0.29) is 0 Å². The molecule has 0 aliphatic heterocycles. The lowest BCUT2D eigenvalue weighted by Gasteiger charge is -2.09. The van der Waals surface area contributed by atoms with E-state index in [1.807, 2.05) is 0 Å². The molecule has 16 heavy (non-hydrogen) atoms. The molecule has 1 nitrogen and oxygen atoms in total. The van der Waals surface area contributed by atoms with Crippen LogP contribution in [0.5, 0.6) is 0 Å². The van der Waals surface area contributed by atoms with E-state index >= 15 is 0 Å². The Kier molecular flexibility index (Phi) is 4.99. The highest BCUT2D eigenvalue weighted by atomic mass is 32.2. The van der Waals surface area contributed by atoms with Crippen molar-refractivity contribution in [2.75, 3.05) is 23.4 Å². The molecule has 0 amide bonds. The molecular formula is C11H14F3NS. The molecule has 0 bridgehead atoms. The van der Waals surface area contributed by atoms with Gasteiger partial charge in [0.25, 0.3) is 0 Å². The molecule has 0 atom stereocenters. The summed E-state index contributed by atoms with van der Waals surface area (Å²) in [5.41, 5.74) is 0.116. The van der Waals surface area contributed by atoms with Crippen LogP contribution in [0, 0.1) is 0 Å². The molecular weight excluding hydrogens is 235 g/mol. The summed E-state index contributed by atoms with van der Waals surface area (Å²) < 4.78 is 36.7. The van der Waals surface area contributed by atoms with Gasteiger partial charge < -0.3 is 5.32 Å². The average Bonchev–Trinajstić information content (AvgIpc) is 2.24. The van der Waals surface area contributed by atoms with Gasteiger partial charge in [-0.25, -0.2) is 0 Å². The summed E-state index contributed by atoms with van der Waals surface area (Å²) in [6, 6.07) is 5.10. The number of nitrogens with one attached hydrogen (secondary N) is 1. The summed E-state index contributed by atoms with van der Waals surface area (Å²) in [6.07, 6.45) is -4.25. The van der Waals surface area contributed by atoms with Gasteiger partial charge in [-0.15, -0.1) is 0 Å². The van der Waals surface area contributed by atoms with Crippen molar-refractivity contribution in [1.82, 2.24) is 0 Å². The first-order chi connectivity index (χ1) is 7.54. The van der Waals surface area contributed by atoms with Gasteiger partial charge >= 0.3 is 6.18 Å². The third kappa shape index (κ3) is 4.35. The average molecular weight is 249 g/mol. The molecule has 0 aromatic heterocycles. The van der Waals surface area contributed by atoms with Crippen LogP contribution in [0.1, 0.15) is 12.5 Å². The number of benzene rings is 1. The SMILES string of the molecule is CCSCCNc1ccc(C(F)(F)F)cc1. The first-order valence-corrected chi connectivity index (χ1v) is 6.18. The Bertz CT molecular complexity index is 308. The monoisotopic (exact) mass is 249 g/mol. The highest BCUT2D eigenvalue weighted by Gasteiger charge is 2.29. The fraction of sp³-hybridized carbons (Fsp3) is 0.455. The van der Waals surface area contributed by atoms with Gasteiger partial charge in [0.15, 0.2) is 0 Å². The second kappa shape index (κ2) is 6.03. The van der Waals surface area contributed by atoms with Gasteiger partial charge in [-0.05, 0) is 30.0 Å². The quantitative estimate of drug-likeness (QED) is 0.795. The summed E-state index contributed by atoms with van der Waals surface area (Å²) in [5, 5.41) is 3.07. The zero-order valence-electron chi connectivity index (χ0n) is 8.97. The minimum Gasteiger partial charge on any atom is -0.384 e. The second-order valence-electron chi connectivity index (χ2n) is 3.20. The van der Waals surface area contributed by atoms with Gasteiger partial charge in [-0.3, -0.25) is 0 Å². The Morgan fingerprint density at radius 1 is 1.19 bits per heavy atom. The van der Waals surface area contributed by atoms with Gasteiger partial charge in [0.2, 0.25) is 0 Å². The molecule has 1 aromatic rings. The Morgan fingerprint density at radius 3 is 2.31 bits per heavy atom. The highest BCUT2D eigenvalue weighted by molar-refractivity contribution is 7.99. The largest absolute Gasteiger partial charge is 0.416 e. The predicted octanol–water partition coefficient (Wildman–Crippen LogP) is 3.87. The van der Waals surface area contributed by atoms with Crippen LogP contribution in [0.3, 0.4) is 0 Å². The number of thioether (sulfide) groups is 1. The molecule has 0 radical (unpaired) electrons. The van der Waals surface area contributed by atoms with Crippen LogP contribution in [-0.4, -0.2) is 18.1 Å². The number of hydrogen-bond acceptors (Lipinski definition) is 2. The summed E-state index contributed by atoms with van der Waals surface area (Å²) >= 11 is 1.79. The molecule has 0 aliphatic carbocycles. The van der Waals surface area contributed by atoms with Crippen LogP contribution in [0.2, 0.25) is 0 Å². The molecule has 0 unspecified atom stereocenters. The number of halogens is 3. The summed E-state index contributed by atoms with van der Waals surface area (Å²) in [4.78, 5) is 0. The summed E-state index contributed by atoms with van der Waals surface area (Å²) in [6.45, 7) is 2.84. The lowest BCUT2D eigenvalue weighted by molar-refractivity contribution is -0.137. The maximum absolute atomic E-state index is 12.2. The van der Waals surface area contributed by atoms with E-state index in [1.54, 1.807) is 11.8 Å². The van der Waals surface area contributed by atoms with Crippen molar-refractivity contribution >= 4 is 17.4 Å². The van der Waals surface area contributed by atoms with Crippen LogP contribution in [0.25, 0.3) is 0 Å². The Labute approximate surface area is 97.4 Å². The Morgan fingerprint density at radius 2 is 1.81 bits per heavy atom. The smallest absolute Gasteiger partial charge is 0.384 e. The molecule has 5 heteroatoms. The molecule has 0 saturated heterocycles. The van der Waals surface area contributed by atoms with Crippen molar-refractivity contribution in [3.05, 3.63) is 29.8 Å². The van der Waals surface area contributed by atoms with Crippen LogP contribution >= 0.6 is 11.8 Å². The maximum Gasteiger partial charge on any atom is 0.416 e. The zero-order chi connectivity index (χ0) is 12.0. The molecule has 1 aromatic carbocycles. The standard InChI is InChI=1S/C11H14F3NS/c1-2-16-8-7-15-10-5-3-9(4-6-10)11(12,13)14/h3-6,15H,2,7-8H2,1H3. The maximum atomic E-state index is 12.2. The highest BCUT2D eigenvalue weighted by Crippen LogP contribution is 2.29. The van der Waals surface area contributed by atoms with Gasteiger partial charge in [-0.2, -0.15) is 24.9 Å². The van der Waals surface area contributed by atoms with E-state index in [4.69, 9.17) is 0 Å². The van der Waals surface area contributed by atoms with E-state index in [9.17, 15) is 13.2 Å². The Hall–Kier alpha value is -0.840. The van der Waals surface area contributed by atoms with Gasteiger partial charge in [0, 0.05) is 18.0 Å². The number of alkyl halides is 3. The van der Waals surface area contributed by atoms with Gasteiger partial charge in [0.1, 0.15) is 0 Å². The Balaban J connectivity index is 2.46. The minimum atomic E-state index is -4.25. The first-order valence-electron chi connectivity index (χ1n) is 5.03. The third-order valence-electron chi connectivity index (χ3n) is 1.99. The fourth-order valence-corrected chi connectivity index (χ4v) is 1.72. The molecule has 0 fully saturated rings. The van der Waals surface area contributed by atoms with E-state index < -0.39 is 11.7 Å². The molecule has 0 aliphatic rings. The van der Waals surface area contributed by atoms with Crippen molar-refractivity contribution in [2.45, 2.75) is 13.1 Å². The molecule has 90 valence electrons. The van der Waals surface area contributed by atoms with Crippen molar-refractivity contribution in [1.29, 1.82) is 0 Å². The van der Waals surface area contributed by atoms with Crippen molar-refractivity contribution in [2.24, 2.45) is 0 Å². The van der Waals surface area contributed by atoms with Crippen LogP contribution in [-0.2, 0) is 6.18 Å². The zero-order valence-corrected chi connectivity index (χ0v) is 9.79.